The Morgan fingerprint density at radius 2 is 1.67 bits per heavy atom. The smallest absolute Gasteiger partial charge is 0.251 e. The zero-order valence-electron chi connectivity index (χ0n) is 17.7. The molecule has 3 rings (SSSR count). The summed E-state index contributed by atoms with van der Waals surface area (Å²) in [6.45, 7) is 7.31. The molecular formula is C22H29IN4O3. The third kappa shape index (κ3) is 6.79. The van der Waals surface area contributed by atoms with E-state index < -0.39 is 0 Å². The van der Waals surface area contributed by atoms with Crippen LogP contribution in [0.15, 0.2) is 47.5 Å². The Morgan fingerprint density at radius 3 is 2.33 bits per heavy atom. The van der Waals surface area contributed by atoms with Crippen LogP contribution in [0.5, 0.6) is 11.5 Å². The number of nitrogens with zero attached hydrogens (tertiary/aromatic N) is 1. The van der Waals surface area contributed by atoms with Crippen molar-refractivity contribution in [1.82, 2.24) is 16.0 Å². The Hall–Kier alpha value is -2.49. The molecule has 1 aliphatic rings. The Balaban J connectivity index is 0.00000320. The fraction of sp³-hybridized carbons (Fsp3) is 0.364. The van der Waals surface area contributed by atoms with E-state index >= 15 is 0 Å². The highest BCUT2D eigenvalue weighted by molar-refractivity contribution is 14.0. The summed E-state index contributed by atoms with van der Waals surface area (Å²) < 4.78 is 10.7. The number of nitrogens with one attached hydrogen (secondary N) is 3. The molecule has 0 atom stereocenters. The van der Waals surface area contributed by atoms with Crippen LogP contribution in [-0.2, 0) is 13.1 Å². The Labute approximate surface area is 194 Å². The van der Waals surface area contributed by atoms with Gasteiger partial charge in [-0.05, 0) is 56.2 Å². The lowest BCUT2D eigenvalue weighted by molar-refractivity contribution is 0.0919. The zero-order chi connectivity index (χ0) is 20.9. The highest BCUT2D eigenvalue weighted by atomic mass is 127. The summed E-state index contributed by atoms with van der Waals surface area (Å²) in [5, 5.41) is 9.53. The monoisotopic (exact) mass is 524 g/mol. The van der Waals surface area contributed by atoms with Crippen molar-refractivity contribution in [1.29, 1.82) is 0 Å². The van der Waals surface area contributed by atoms with Crippen LogP contribution in [0, 0.1) is 0 Å². The molecule has 0 saturated heterocycles. The largest absolute Gasteiger partial charge is 0.454 e. The number of fused-ring (bicyclic) bond motifs is 1. The van der Waals surface area contributed by atoms with E-state index in [0.29, 0.717) is 24.6 Å². The summed E-state index contributed by atoms with van der Waals surface area (Å²) in [4.78, 5) is 16.6. The SMILES string of the molecule is CN=C(NCc1cccc(C(=O)NC(C)(C)C)c1)NCc1ccc2c(c1)OCO2.I. The van der Waals surface area contributed by atoms with Crippen molar-refractivity contribution in [3.63, 3.8) is 0 Å². The van der Waals surface area contributed by atoms with Crippen LogP contribution in [0.3, 0.4) is 0 Å². The summed E-state index contributed by atoms with van der Waals surface area (Å²) in [5.74, 6) is 2.13. The first-order valence-electron chi connectivity index (χ1n) is 9.58. The van der Waals surface area contributed by atoms with Crippen LogP contribution in [-0.4, -0.2) is 31.2 Å². The number of hydrogen-bond donors (Lipinski definition) is 3. The van der Waals surface area contributed by atoms with Gasteiger partial charge in [0.25, 0.3) is 5.91 Å². The first-order chi connectivity index (χ1) is 13.8. The minimum Gasteiger partial charge on any atom is -0.454 e. The molecule has 0 bridgehead atoms. The van der Waals surface area contributed by atoms with Gasteiger partial charge in [-0.15, -0.1) is 24.0 Å². The lowest BCUT2D eigenvalue weighted by atomic mass is 10.1. The molecule has 2 aromatic rings. The van der Waals surface area contributed by atoms with Crippen LogP contribution < -0.4 is 25.4 Å². The van der Waals surface area contributed by atoms with E-state index in [4.69, 9.17) is 9.47 Å². The van der Waals surface area contributed by atoms with Crippen LogP contribution in [0.25, 0.3) is 0 Å². The number of carbonyl (C=O) groups is 1. The van der Waals surface area contributed by atoms with E-state index in [1.807, 2.05) is 63.2 Å². The third-order valence-electron chi connectivity index (χ3n) is 4.26. The number of hydrogen-bond acceptors (Lipinski definition) is 4. The van der Waals surface area contributed by atoms with Crippen molar-refractivity contribution in [2.75, 3.05) is 13.8 Å². The molecule has 1 heterocycles. The van der Waals surface area contributed by atoms with Crippen LogP contribution in [0.1, 0.15) is 42.3 Å². The van der Waals surface area contributed by atoms with Crippen molar-refractivity contribution >= 4 is 35.8 Å². The number of amides is 1. The predicted octanol–water partition coefficient (Wildman–Crippen LogP) is 3.43. The fourth-order valence-corrected chi connectivity index (χ4v) is 2.88. The van der Waals surface area contributed by atoms with Crippen LogP contribution in [0.2, 0.25) is 0 Å². The maximum absolute atomic E-state index is 12.4. The molecule has 0 saturated carbocycles. The second kappa shape index (κ2) is 10.5. The molecule has 0 aromatic heterocycles. The summed E-state index contributed by atoms with van der Waals surface area (Å²) in [5.41, 5.74) is 2.43. The molecule has 8 heteroatoms. The summed E-state index contributed by atoms with van der Waals surface area (Å²) >= 11 is 0. The summed E-state index contributed by atoms with van der Waals surface area (Å²) in [7, 11) is 1.72. The molecule has 1 aliphatic heterocycles. The van der Waals surface area contributed by atoms with Gasteiger partial charge < -0.3 is 25.4 Å². The highest BCUT2D eigenvalue weighted by Gasteiger charge is 2.15. The first-order valence-corrected chi connectivity index (χ1v) is 9.58. The van der Waals surface area contributed by atoms with Gasteiger partial charge in [0, 0.05) is 31.2 Å². The molecule has 7 nitrogen and oxygen atoms in total. The maximum Gasteiger partial charge on any atom is 0.251 e. The van der Waals surface area contributed by atoms with Gasteiger partial charge in [-0.2, -0.15) is 0 Å². The fourth-order valence-electron chi connectivity index (χ4n) is 2.88. The number of carbonyl (C=O) groups excluding carboxylic acids is 1. The number of guanidine groups is 1. The topological polar surface area (TPSA) is 84.0 Å². The van der Waals surface area contributed by atoms with E-state index in [0.717, 1.165) is 22.6 Å². The third-order valence-corrected chi connectivity index (χ3v) is 4.26. The summed E-state index contributed by atoms with van der Waals surface area (Å²) in [6.07, 6.45) is 0. The standard InChI is InChI=1S/C22H28N4O3.HI/c1-22(2,3)26-20(27)17-7-5-6-15(10-17)12-24-21(23-4)25-13-16-8-9-18-19(11-16)29-14-28-18;/h5-11H,12-14H2,1-4H3,(H,26,27)(H2,23,24,25);1H. The lowest BCUT2D eigenvalue weighted by Crippen LogP contribution is -2.40. The van der Waals surface area contributed by atoms with Crippen LogP contribution in [0.4, 0.5) is 0 Å². The molecule has 162 valence electrons. The molecule has 0 spiro atoms. The quantitative estimate of drug-likeness (QED) is 0.317. The van der Waals surface area contributed by atoms with E-state index in [-0.39, 0.29) is 42.2 Å². The van der Waals surface area contributed by atoms with Crippen molar-refractivity contribution in [2.45, 2.75) is 39.4 Å². The molecule has 0 unspecified atom stereocenters. The second-order valence-corrected chi connectivity index (χ2v) is 7.87. The normalized spacial score (nSPS) is 12.7. The number of halogens is 1. The number of aliphatic imine (C=N–C) groups is 1. The first kappa shape index (κ1) is 23.8. The molecule has 0 radical (unpaired) electrons. The molecule has 0 aliphatic carbocycles. The highest BCUT2D eigenvalue weighted by Crippen LogP contribution is 2.32. The van der Waals surface area contributed by atoms with Gasteiger partial charge >= 0.3 is 0 Å². The Bertz CT molecular complexity index is 909. The average molecular weight is 524 g/mol. The Kier molecular flexibility index (Phi) is 8.33. The van der Waals surface area contributed by atoms with E-state index in [1.54, 1.807) is 7.05 Å². The van der Waals surface area contributed by atoms with Gasteiger partial charge in [0.2, 0.25) is 6.79 Å². The number of rotatable bonds is 5. The van der Waals surface area contributed by atoms with Crippen molar-refractivity contribution < 1.29 is 14.3 Å². The van der Waals surface area contributed by atoms with Gasteiger partial charge in [0.1, 0.15) is 0 Å². The van der Waals surface area contributed by atoms with E-state index in [2.05, 4.69) is 20.9 Å². The minimum absolute atomic E-state index is 0. The molecular weight excluding hydrogens is 495 g/mol. The summed E-state index contributed by atoms with van der Waals surface area (Å²) in [6, 6.07) is 13.4. The van der Waals surface area contributed by atoms with Gasteiger partial charge in [-0.3, -0.25) is 9.79 Å². The molecule has 3 N–H and O–H groups in total. The molecule has 0 fully saturated rings. The van der Waals surface area contributed by atoms with Gasteiger partial charge in [-0.25, -0.2) is 0 Å². The molecule has 30 heavy (non-hydrogen) atoms. The average Bonchev–Trinajstić information content (AvgIpc) is 3.15. The Morgan fingerprint density at radius 1 is 1.00 bits per heavy atom. The predicted molar refractivity (Wildman–Crippen MR) is 129 cm³/mol. The van der Waals surface area contributed by atoms with E-state index in [1.165, 1.54) is 0 Å². The maximum atomic E-state index is 12.4. The minimum atomic E-state index is -0.272. The number of ether oxygens (including phenoxy) is 2. The number of benzene rings is 2. The lowest BCUT2D eigenvalue weighted by Gasteiger charge is -2.20. The van der Waals surface area contributed by atoms with Gasteiger partial charge in [0.15, 0.2) is 17.5 Å². The van der Waals surface area contributed by atoms with Crippen LogP contribution >= 0.6 is 24.0 Å². The molecule has 1 amide bonds. The van der Waals surface area contributed by atoms with Gasteiger partial charge in [-0.1, -0.05) is 18.2 Å². The second-order valence-electron chi connectivity index (χ2n) is 7.87. The molecule has 2 aromatic carbocycles. The van der Waals surface area contributed by atoms with E-state index in [9.17, 15) is 4.79 Å². The van der Waals surface area contributed by atoms with Crippen molar-refractivity contribution in [3.8, 4) is 11.5 Å². The van der Waals surface area contributed by atoms with Crippen molar-refractivity contribution in [3.05, 3.63) is 59.2 Å². The van der Waals surface area contributed by atoms with Gasteiger partial charge in [0.05, 0.1) is 0 Å². The zero-order valence-corrected chi connectivity index (χ0v) is 20.1. The van der Waals surface area contributed by atoms with Crippen molar-refractivity contribution in [2.24, 2.45) is 4.99 Å².